The molecule has 6 nitrogen and oxygen atoms in total. The summed E-state index contributed by atoms with van der Waals surface area (Å²) in [6.07, 6.45) is -4.45. The Balaban J connectivity index is 0.00000364. The van der Waals surface area contributed by atoms with E-state index >= 15 is 0 Å². The molecule has 150 valence electrons. The quantitative estimate of drug-likeness (QED) is 0.310. The zero-order chi connectivity index (χ0) is 19.2. The van der Waals surface area contributed by atoms with Gasteiger partial charge in [-0.2, -0.15) is 13.2 Å². The molecule has 0 radical (unpaired) electrons. The van der Waals surface area contributed by atoms with Gasteiger partial charge in [-0.1, -0.05) is 12.1 Å². The second kappa shape index (κ2) is 10.5. The predicted octanol–water partition coefficient (Wildman–Crippen LogP) is 3.75. The van der Waals surface area contributed by atoms with Crippen LogP contribution in [0.5, 0.6) is 11.5 Å². The number of guanidine groups is 1. The summed E-state index contributed by atoms with van der Waals surface area (Å²) >= 11 is 0.925. The number of phenolic OH excluding ortho intramolecular Hbond substituents is 1. The highest BCUT2D eigenvalue weighted by molar-refractivity contribution is 14.0. The van der Waals surface area contributed by atoms with Gasteiger partial charge in [0.25, 0.3) is 0 Å². The van der Waals surface area contributed by atoms with E-state index in [1.54, 1.807) is 18.2 Å². The molecule has 0 saturated heterocycles. The number of phenols is 1. The molecule has 1 aromatic heterocycles. The summed E-state index contributed by atoms with van der Waals surface area (Å²) in [5, 5.41) is 17.3. The second-order valence-corrected chi connectivity index (χ2v) is 6.08. The van der Waals surface area contributed by atoms with Crippen molar-refractivity contribution in [3.05, 3.63) is 39.8 Å². The molecule has 3 N–H and O–H groups in total. The zero-order valence-corrected chi connectivity index (χ0v) is 17.8. The average molecular weight is 516 g/mol. The topological polar surface area (TPSA) is 78.8 Å². The first kappa shape index (κ1) is 23.3. The van der Waals surface area contributed by atoms with E-state index in [9.17, 15) is 18.3 Å². The van der Waals surface area contributed by atoms with Gasteiger partial charge in [-0.05, 0) is 13.0 Å². The van der Waals surface area contributed by atoms with Crippen LogP contribution >= 0.6 is 35.3 Å². The third kappa shape index (κ3) is 6.72. The number of halogens is 4. The van der Waals surface area contributed by atoms with Crippen LogP contribution in [0.1, 0.15) is 23.2 Å². The molecule has 0 aliphatic heterocycles. The van der Waals surface area contributed by atoms with Crippen molar-refractivity contribution in [2.24, 2.45) is 4.99 Å². The number of nitrogens with zero attached hydrogens (tertiary/aromatic N) is 2. The molecule has 0 bridgehead atoms. The minimum absolute atomic E-state index is 0. The van der Waals surface area contributed by atoms with Gasteiger partial charge in [0.1, 0.15) is 5.01 Å². The van der Waals surface area contributed by atoms with E-state index in [2.05, 4.69) is 20.6 Å². The maximum atomic E-state index is 12.6. The molecule has 0 fully saturated rings. The Morgan fingerprint density at radius 2 is 2.07 bits per heavy atom. The summed E-state index contributed by atoms with van der Waals surface area (Å²) in [6.45, 7) is 2.72. The van der Waals surface area contributed by atoms with Crippen molar-refractivity contribution in [3.63, 3.8) is 0 Å². The number of hydrogen-bond acceptors (Lipinski definition) is 5. The molecule has 0 unspecified atom stereocenters. The fourth-order valence-corrected chi connectivity index (χ4v) is 2.79. The van der Waals surface area contributed by atoms with Gasteiger partial charge in [0.15, 0.2) is 23.2 Å². The van der Waals surface area contributed by atoms with Crippen molar-refractivity contribution < 1.29 is 23.0 Å². The van der Waals surface area contributed by atoms with E-state index in [-0.39, 0.29) is 42.8 Å². The number of thiazole rings is 1. The van der Waals surface area contributed by atoms with Crippen molar-refractivity contribution >= 4 is 41.3 Å². The normalized spacial score (nSPS) is 11.7. The van der Waals surface area contributed by atoms with Crippen LogP contribution in [0.3, 0.4) is 0 Å². The van der Waals surface area contributed by atoms with Crippen LogP contribution in [0, 0.1) is 0 Å². The Morgan fingerprint density at radius 3 is 2.67 bits per heavy atom. The highest BCUT2D eigenvalue weighted by Gasteiger charge is 2.33. The number of rotatable bonds is 6. The summed E-state index contributed by atoms with van der Waals surface area (Å²) in [5.41, 5.74) is -0.335. The van der Waals surface area contributed by atoms with Crippen LogP contribution < -0.4 is 15.4 Å². The van der Waals surface area contributed by atoms with Gasteiger partial charge >= 0.3 is 6.18 Å². The number of aromatic hydroxyl groups is 1. The monoisotopic (exact) mass is 516 g/mol. The molecule has 0 aliphatic carbocycles. The Hall–Kier alpha value is -1.76. The Kier molecular flexibility index (Phi) is 9.09. The number of hydrogen-bond donors (Lipinski definition) is 3. The number of benzene rings is 1. The molecule has 2 aromatic rings. The summed E-state index contributed by atoms with van der Waals surface area (Å²) < 4.78 is 42.8. The Morgan fingerprint density at radius 1 is 1.33 bits per heavy atom. The molecule has 0 aliphatic rings. The van der Waals surface area contributed by atoms with Gasteiger partial charge in [-0.3, -0.25) is 0 Å². The lowest BCUT2D eigenvalue weighted by Crippen LogP contribution is -2.36. The van der Waals surface area contributed by atoms with E-state index in [0.717, 1.165) is 16.7 Å². The molecule has 1 aromatic carbocycles. The second-order valence-electron chi connectivity index (χ2n) is 5.14. The molecule has 1 heterocycles. The first-order valence-corrected chi connectivity index (χ1v) is 8.61. The van der Waals surface area contributed by atoms with Crippen LogP contribution in [0.25, 0.3) is 0 Å². The van der Waals surface area contributed by atoms with E-state index in [0.29, 0.717) is 28.8 Å². The first-order valence-electron chi connectivity index (χ1n) is 7.73. The molecule has 0 saturated carbocycles. The summed E-state index contributed by atoms with van der Waals surface area (Å²) in [4.78, 5) is 7.88. The largest absolute Gasteiger partial charge is 0.504 e. The summed E-state index contributed by atoms with van der Waals surface area (Å²) in [7, 11) is 1.46. The fourth-order valence-electron chi connectivity index (χ4n) is 2.05. The maximum absolute atomic E-state index is 12.6. The fraction of sp³-hybridized carbons (Fsp3) is 0.375. The van der Waals surface area contributed by atoms with Crippen molar-refractivity contribution in [1.29, 1.82) is 0 Å². The van der Waals surface area contributed by atoms with E-state index < -0.39 is 11.9 Å². The number of aliphatic imine (C=N–C) groups is 1. The smallest absolute Gasteiger partial charge is 0.434 e. The third-order valence-corrected chi connectivity index (χ3v) is 4.15. The number of nitrogens with one attached hydrogen (secondary N) is 2. The van der Waals surface area contributed by atoms with Gasteiger partial charge in [-0.25, -0.2) is 9.98 Å². The van der Waals surface area contributed by atoms with Crippen molar-refractivity contribution in [3.8, 4) is 11.5 Å². The van der Waals surface area contributed by atoms with Crippen LogP contribution in [0.4, 0.5) is 13.2 Å². The van der Waals surface area contributed by atoms with E-state index in [1.165, 1.54) is 7.11 Å². The van der Waals surface area contributed by atoms with Crippen LogP contribution in [0.15, 0.2) is 28.6 Å². The van der Waals surface area contributed by atoms with E-state index in [1.807, 2.05) is 6.92 Å². The number of alkyl halides is 3. The minimum atomic E-state index is -4.45. The lowest BCUT2D eigenvalue weighted by Gasteiger charge is -2.11. The predicted molar refractivity (Wildman–Crippen MR) is 109 cm³/mol. The third-order valence-electron chi connectivity index (χ3n) is 3.30. The van der Waals surface area contributed by atoms with Crippen LogP contribution in [-0.4, -0.2) is 29.7 Å². The van der Waals surface area contributed by atoms with Crippen molar-refractivity contribution in [2.75, 3.05) is 13.7 Å². The highest BCUT2D eigenvalue weighted by Crippen LogP contribution is 2.30. The lowest BCUT2D eigenvalue weighted by atomic mass is 10.2. The van der Waals surface area contributed by atoms with Crippen molar-refractivity contribution in [2.45, 2.75) is 26.2 Å². The Bertz CT molecular complexity index is 768. The van der Waals surface area contributed by atoms with Gasteiger partial charge in [0, 0.05) is 17.5 Å². The Labute approximate surface area is 175 Å². The summed E-state index contributed by atoms with van der Waals surface area (Å²) in [5.74, 6) is 0.751. The van der Waals surface area contributed by atoms with Crippen LogP contribution in [-0.2, 0) is 19.3 Å². The molecule has 11 heteroatoms. The van der Waals surface area contributed by atoms with Gasteiger partial charge < -0.3 is 20.5 Å². The molecular weight excluding hydrogens is 496 g/mol. The maximum Gasteiger partial charge on any atom is 0.434 e. The standard InChI is InChI=1S/C16H19F3N4O2S.HI/c1-3-20-15(21-7-10-5-4-6-11(25-2)14(10)24)22-8-13-23-12(9-26-13)16(17,18)19;/h4-6,9,24H,3,7-8H2,1-2H3,(H2,20,21,22);1H. The number of aromatic nitrogens is 1. The molecule has 2 rings (SSSR count). The van der Waals surface area contributed by atoms with Crippen LogP contribution in [0.2, 0.25) is 0 Å². The molecule has 0 amide bonds. The van der Waals surface area contributed by atoms with Gasteiger partial charge in [0.2, 0.25) is 0 Å². The first-order chi connectivity index (χ1) is 12.3. The van der Waals surface area contributed by atoms with Crippen molar-refractivity contribution in [1.82, 2.24) is 15.6 Å². The minimum Gasteiger partial charge on any atom is -0.504 e. The molecular formula is C16H20F3IN4O2S. The summed E-state index contributed by atoms with van der Waals surface area (Å²) in [6, 6.07) is 5.08. The van der Waals surface area contributed by atoms with Gasteiger partial charge in [-0.15, -0.1) is 35.3 Å². The lowest BCUT2D eigenvalue weighted by molar-refractivity contribution is -0.140. The molecule has 0 spiro atoms. The number of ether oxygens (including phenoxy) is 1. The number of para-hydroxylation sites is 1. The molecule has 27 heavy (non-hydrogen) atoms. The van der Waals surface area contributed by atoms with E-state index in [4.69, 9.17) is 4.74 Å². The zero-order valence-electron chi connectivity index (χ0n) is 14.6. The number of methoxy groups -OCH3 is 1. The average Bonchev–Trinajstić information content (AvgIpc) is 3.08. The SMILES string of the molecule is CCNC(=NCc1cccc(OC)c1O)NCc1nc(C(F)(F)F)cs1.I. The highest BCUT2D eigenvalue weighted by atomic mass is 127. The molecule has 0 atom stereocenters. The van der Waals surface area contributed by atoms with Gasteiger partial charge in [0.05, 0.1) is 20.2 Å².